The Labute approximate surface area is 160 Å². The molecule has 148 valence electrons. The fraction of sp³-hybridized carbons (Fsp3) is 0.333. The first-order valence-electron chi connectivity index (χ1n) is 8.54. The number of hydrogen-bond acceptors (Lipinski definition) is 8. The van der Waals surface area contributed by atoms with Crippen molar-refractivity contribution in [1.29, 1.82) is 0 Å². The van der Waals surface area contributed by atoms with Crippen LogP contribution in [0.25, 0.3) is 11.0 Å². The molecule has 0 aliphatic rings. The van der Waals surface area contributed by atoms with Gasteiger partial charge in [0.2, 0.25) is 6.04 Å². The van der Waals surface area contributed by atoms with Crippen LogP contribution in [0.2, 0.25) is 0 Å². The molecule has 0 fully saturated rings. The minimum atomic E-state index is -0.905. The van der Waals surface area contributed by atoms with Crippen LogP contribution >= 0.6 is 0 Å². The number of aryl methyl sites for hydroxylation is 1. The van der Waals surface area contributed by atoms with Crippen molar-refractivity contribution in [3.05, 3.63) is 51.4 Å². The summed E-state index contributed by atoms with van der Waals surface area (Å²) in [6, 6.07) is 2.40. The van der Waals surface area contributed by atoms with Gasteiger partial charge in [0, 0.05) is 28.8 Å². The molecule has 2 aromatic heterocycles. The van der Waals surface area contributed by atoms with E-state index in [1.807, 2.05) is 0 Å². The second-order valence-corrected chi connectivity index (χ2v) is 6.22. The molecule has 0 aromatic carbocycles. The van der Waals surface area contributed by atoms with E-state index in [1.165, 1.54) is 12.3 Å². The lowest BCUT2D eigenvalue weighted by Gasteiger charge is -2.10. The Balaban J connectivity index is 2.16. The van der Waals surface area contributed by atoms with Gasteiger partial charge in [-0.05, 0) is 32.1 Å². The molecule has 0 aliphatic carbocycles. The van der Waals surface area contributed by atoms with Crippen LogP contribution in [0, 0.1) is 17.0 Å². The van der Waals surface area contributed by atoms with Gasteiger partial charge < -0.3 is 15.6 Å². The van der Waals surface area contributed by atoms with Crippen LogP contribution in [0.15, 0.2) is 35.1 Å². The standard InChI is InChI=1S/C18H21N5O5/c1-4-15(23(27)28)10(2)7-12(22-26)8-20-18(25)14-9-19-17-13(16(14)24)6-5-11(3)21-17/h5-7,9,15,26H,4,8H2,1-3H3,(H,20,25)(H,19,21,24). The quantitative estimate of drug-likeness (QED) is 0.285. The maximum Gasteiger partial charge on any atom is 0.256 e. The molecule has 3 N–H and O–H groups in total. The zero-order valence-electron chi connectivity index (χ0n) is 15.7. The molecular weight excluding hydrogens is 366 g/mol. The van der Waals surface area contributed by atoms with Gasteiger partial charge in [0.05, 0.1) is 17.6 Å². The number of oxime groups is 1. The minimum Gasteiger partial charge on any atom is -0.506 e. The number of pyridine rings is 2. The van der Waals surface area contributed by atoms with Crippen LogP contribution in [-0.4, -0.2) is 49.4 Å². The third-order valence-corrected chi connectivity index (χ3v) is 4.20. The van der Waals surface area contributed by atoms with Crippen molar-refractivity contribution in [3.63, 3.8) is 0 Å². The van der Waals surface area contributed by atoms with Crippen molar-refractivity contribution < 1.29 is 20.0 Å². The number of carbonyl (C=O) groups excluding carboxylic acids is 1. The molecule has 0 saturated carbocycles. The average Bonchev–Trinajstić information content (AvgIpc) is 2.65. The van der Waals surface area contributed by atoms with E-state index in [0.29, 0.717) is 16.6 Å². The summed E-state index contributed by atoms with van der Waals surface area (Å²) >= 11 is 0. The minimum absolute atomic E-state index is 0.0386. The van der Waals surface area contributed by atoms with Crippen molar-refractivity contribution in [3.8, 4) is 5.75 Å². The highest BCUT2D eigenvalue weighted by molar-refractivity contribution is 6.05. The second-order valence-electron chi connectivity index (χ2n) is 6.22. The number of fused-ring (bicyclic) bond motifs is 1. The van der Waals surface area contributed by atoms with E-state index in [-0.39, 0.29) is 30.0 Å². The zero-order chi connectivity index (χ0) is 20.8. The lowest BCUT2D eigenvalue weighted by atomic mass is 10.1. The van der Waals surface area contributed by atoms with Gasteiger partial charge in [0.15, 0.2) is 5.65 Å². The Morgan fingerprint density at radius 1 is 1.46 bits per heavy atom. The predicted octanol–water partition coefficient (Wildman–Crippen LogP) is 2.21. The van der Waals surface area contributed by atoms with Gasteiger partial charge in [0.1, 0.15) is 11.3 Å². The van der Waals surface area contributed by atoms with E-state index in [0.717, 1.165) is 5.69 Å². The number of nitro groups is 1. The topological polar surface area (TPSA) is 151 Å². The van der Waals surface area contributed by atoms with Crippen molar-refractivity contribution in [2.75, 3.05) is 6.54 Å². The van der Waals surface area contributed by atoms with Gasteiger partial charge in [-0.25, -0.2) is 9.97 Å². The molecular formula is C18H21N5O5. The summed E-state index contributed by atoms with van der Waals surface area (Å²) in [6.07, 6.45) is 2.84. The van der Waals surface area contributed by atoms with Gasteiger partial charge in [-0.3, -0.25) is 14.9 Å². The maximum absolute atomic E-state index is 12.4. The molecule has 0 radical (unpaired) electrons. The lowest BCUT2D eigenvalue weighted by Crippen LogP contribution is -2.30. The highest BCUT2D eigenvalue weighted by atomic mass is 16.6. The molecule has 0 spiro atoms. The number of hydrogen-bond donors (Lipinski definition) is 3. The molecule has 0 saturated heterocycles. The third kappa shape index (κ3) is 4.58. The summed E-state index contributed by atoms with van der Waals surface area (Å²) in [6.45, 7) is 4.82. The summed E-state index contributed by atoms with van der Waals surface area (Å²) in [7, 11) is 0. The van der Waals surface area contributed by atoms with Crippen LogP contribution in [0.4, 0.5) is 0 Å². The van der Waals surface area contributed by atoms with Crippen molar-refractivity contribution in [2.24, 2.45) is 5.16 Å². The smallest absolute Gasteiger partial charge is 0.256 e. The monoisotopic (exact) mass is 387 g/mol. The van der Waals surface area contributed by atoms with E-state index < -0.39 is 16.9 Å². The van der Waals surface area contributed by atoms with Crippen molar-refractivity contribution in [1.82, 2.24) is 15.3 Å². The SMILES string of the molecule is CCC(C(C)=CC(CNC(=O)c1cnc2nc(C)ccc2c1O)=NO)[N+](=O)[O-]. The van der Waals surface area contributed by atoms with E-state index in [2.05, 4.69) is 20.4 Å². The van der Waals surface area contributed by atoms with Gasteiger partial charge in [-0.2, -0.15) is 0 Å². The van der Waals surface area contributed by atoms with Gasteiger partial charge >= 0.3 is 0 Å². The third-order valence-electron chi connectivity index (χ3n) is 4.20. The molecule has 10 heteroatoms. The number of rotatable bonds is 7. The fourth-order valence-electron chi connectivity index (χ4n) is 2.70. The predicted molar refractivity (Wildman–Crippen MR) is 102 cm³/mol. The highest BCUT2D eigenvalue weighted by Crippen LogP contribution is 2.26. The normalized spacial score (nSPS) is 13.4. The highest BCUT2D eigenvalue weighted by Gasteiger charge is 2.20. The van der Waals surface area contributed by atoms with Crippen LogP contribution in [0.5, 0.6) is 5.75 Å². The summed E-state index contributed by atoms with van der Waals surface area (Å²) in [5.74, 6) is -0.899. The van der Waals surface area contributed by atoms with E-state index in [9.17, 15) is 20.0 Å². The molecule has 2 rings (SSSR count). The second kappa shape index (κ2) is 8.89. The summed E-state index contributed by atoms with van der Waals surface area (Å²) in [5.41, 5.74) is 1.41. The van der Waals surface area contributed by atoms with Gasteiger partial charge in [-0.15, -0.1) is 0 Å². The Hall–Kier alpha value is -3.56. The molecule has 2 aromatic rings. The first-order valence-corrected chi connectivity index (χ1v) is 8.54. The summed E-state index contributed by atoms with van der Waals surface area (Å²) in [5, 5.41) is 36.4. The average molecular weight is 387 g/mol. The number of aromatic nitrogens is 2. The Bertz CT molecular complexity index is 970. The fourth-order valence-corrected chi connectivity index (χ4v) is 2.70. The Kier molecular flexibility index (Phi) is 6.59. The molecule has 0 aliphatic heterocycles. The Morgan fingerprint density at radius 2 is 2.18 bits per heavy atom. The van der Waals surface area contributed by atoms with Gasteiger partial charge in [0.25, 0.3) is 5.91 Å². The van der Waals surface area contributed by atoms with Crippen LogP contribution < -0.4 is 5.32 Å². The van der Waals surface area contributed by atoms with E-state index in [4.69, 9.17) is 5.21 Å². The number of nitrogens with zero attached hydrogens (tertiary/aromatic N) is 4. The van der Waals surface area contributed by atoms with Gasteiger partial charge in [-0.1, -0.05) is 12.1 Å². The van der Waals surface area contributed by atoms with Crippen molar-refractivity contribution >= 4 is 22.7 Å². The number of carbonyl (C=O) groups is 1. The molecule has 10 nitrogen and oxygen atoms in total. The van der Waals surface area contributed by atoms with E-state index in [1.54, 1.807) is 32.9 Å². The van der Waals surface area contributed by atoms with E-state index >= 15 is 0 Å². The number of nitrogens with one attached hydrogen (secondary N) is 1. The molecule has 0 bridgehead atoms. The first-order chi connectivity index (χ1) is 13.3. The zero-order valence-corrected chi connectivity index (χ0v) is 15.7. The first kappa shape index (κ1) is 20.7. The van der Waals surface area contributed by atoms with Crippen LogP contribution in [0.1, 0.15) is 36.3 Å². The molecule has 2 heterocycles. The van der Waals surface area contributed by atoms with Crippen LogP contribution in [0.3, 0.4) is 0 Å². The molecule has 1 atom stereocenters. The summed E-state index contributed by atoms with van der Waals surface area (Å²) in [4.78, 5) is 31.2. The van der Waals surface area contributed by atoms with Crippen molar-refractivity contribution in [2.45, 2.75) is 33.2 Å². The summed E-state index contributed by atoms with van der Waals surface area (Å²) < 4.78 is 0. The molecule has 1 amide bonds. The number of aromatic hydroxyl groups is 1. The Morgan fingerprint density at radius 3 is 2.79 bits per heavy atom. The number of amides is 1. The van der Waals surface area contributed by atoms with Crippen LogP contribution in [-0.2, 0) is 0 Å². The molecule has 1 unspecified atom stereocenters. The lowest BCUT2D eigenvalue weighted by molar-refractivity contribution is -0.512. The largest absolute Gasteiger partial charge is 0.506 e. The molecule has 28 heavy (non-hydrogen) atoms. The maximum atomic E-state index is 12.4.